The molecule has 0 unspecified atom stereocenters. The lowest BCUT2D eigenvalue weighted by atomic mass is 10.2. The van der Waals surface area contributed by atoms with Gasteiger partial charge in [-0.05, 0) is 52.7 Å². The number of anilines is 1. The molecular formula is C13H10Br2N2O2. The van der Waals surface area contributed by atoms with Gasteiger partial charge in [-0.25, -0.2) is 4.98 Å². The second kappa shape index (κ2) is 5.71. The molecule has 0 saturated carbocycles. The molecule has 4 nitrogen and oxygen atoms in total. The molecule has 0 aliphatic rings. The first-order chi connectivity index (χ1) is 8.97. The van der Waals surface area contributed by atoms with Crippen LogP contribution in [0.5, 0.6) is 5.75 Å². The Hall–Kier alpha value is -1.40. The zero-order valence-electron chi connectivity index (χ0n) is 9.95. The Balaban J connectivity index is 2.23. The van der Waals surface area contributed by atoms with Crippen molar-refractivity contribution < 1.29 is 9.90 Å². The molecule has 0 aliphatic heterocycles. The van der Waals surface area contributed by atoms with E-state index in [1.165, 1.54) is 6.07 Å². The zero-order valence-corrected chi connectivity index (χ0v) is 13.1. The summed E-state index contributed by atoms with van der Waals surface area (Å²) in [6, 6.07) is 6.45. The summed E-state index contributed by atoms with van der Waals surface area (Å²) in [4.78, 5) is 16.1. The quantitative estimate of drug-likeness (QED) is 0.824. The molecule has 98 valence electrons. The van der Waals surface area contributed by atoms with E-state index in [4.69, 9.17) is 0 Å². The molecule has 1 aromatic carbocycles. The summed E-state index contributed by atoms with van der Waals surface area (Å²) >= 11 is 6.56. The lowest BCUT2D eigenvalue weighted by Gasteiger charge is -2.07. The van der Waals surface area contributed by atoms with Gasteiger partial charge in [0.05, 0.1) is 5.56 Å². The van der Waals surface area contributed by atoms with Crippen molar-refractivity contribution in [2.75, 3.05) is 5.32 Å². The smallest absolute Gasteiger partial charge is 0.260 e. The van der Waals surface area contributed by atoms with Crippen LogP contribution < -0.4 is 5.32 Å². The molecule has 6 heteroatoms. The highest BCUT2D eigenvalue weighted by Gasteiger charge is 2.12. The summed E-state index contributed by atoms with van der Waals surface area (Å²) in [5.74, 6) is -0.0482. The van der Waals surface area contributed by atoms with E-state index in [2.05, 4.69) is 42.2 Å². The van der Waals surface area contributed by atoms with Crippen LogP contribution in [-0.2, 0) is 0 Å². The molecule has 2 N–H and O–H groups in total. The van der Waals surface area contributed by atoms with Crippen LogP contribution in [-0.4, -0.2) is 16.0 Å². The molecule has 0 radical (unpaired) electrons. The highest BCUT2D eigenvalue weighted by Crippen LogP contribution is 2.23. The number of amides is 1. The van der Waals surface area contributed by atoms with Crippen LogP contribution in [0, 0.1) is 6.92 Å². The Morgan fingerprint density at radius 2 is 2.05 bits per heavy atom. The molecule has 2 aromatic rings. The summed E-state index contributed by atoms with van der Waals surface area (Å²) in [6.07, 6.45) is 1.62. The highest BCUT2D eigenvalue weighted by molar-refractivity contribution is 9.10. The van der Waals surface area contributed by atoms with Crippen molar-refractivity contribution in [3.8, 4) is 5.75 Å². The van der Waals surface area contributed by atoms with Gasteiger partial charge < -0.3 is 10.4 Å². The first-order valence-electron chi connectivity index (χ1n) is 5.39. The maximum absolute atomic E-state index is 12.0. The molecule has 0 aliphatic carbocycles. The molecule has 1 aromatic heterocycles. The number of pyridine rings is 1. The normalized spacial score (nSPS) is 10.3. The number of aromatic hydroxyl groups is 1. The van der Waals surface area contributed by atoms with Gasteiger partial charge in [-0.2, -0.15) is 0 Å². The van der Waals surface area contributed by atoms with Crippen molar-refractivity contribution in [2.45, 2.75) is 6.92 Å². The van der Waals surface area contributed by atoms with Gasteiger partial charge in [0, 0.05) is 15.1 Å². The van der Waals surface area contributed by atoms with Crippen LogP contribution in [0.4, 0.5) is 5.82 Å². The standard InChI is InChI=1S/C13H10Br2N2O2/c1-7-4-12(16-6-10(7)15)17-13(19)9-3-2-8(14)5-11(9)18/h2-6,18H,1H3,(H,16,17,19). The van der Waals surface area contributed by atoms with Crippen LogP contribution in [0.25, 0.3) is 0 Å². The van der Waals surface area contributed by atoms with Gasteiger partial charge in [-0.1, -0.05) is 15.9 Å². The number of nitrogens with zero attached hydrogens (tertiary/aromatic N) is 1. The molecule has 1 heterocycles. The Morgan fingerprint density at radius 1 is 1.32 bits per heavy atom. The number of carbonyl (C=O) groups excluding carboxylic acids is 1. The predicted molar refractivity (Wildman–Crippen MR) is 80.4 cm³/mol. The number of phenolic OH excluding ortho intramolecular Hbond substituents is 1. The monoisotopic (exact) mass is 384 g/mol. The fourth-order valence-corrected chi connectivity index (χ4v) is 2.05. The average molecular weight is 386 g/mol. The number of halogens is 2. The van der Waals surface area contributed by atoms with Gasteiger partial charge >= 0.3 is 0 Å². The van der Waals surface area contributed by atoms with E-state index in [0.29, 0.717) is 10.3 Å². The third-order valence-electron chi connectivity index (χ3n) is 2.49. The molecule has 0 bridgehead atoms. The Bertz CT molecular complexity index is 645. The molecule has 0 atom stereocenters. The molecular weight excluding hydrogens is 376 g/mol. The van der Waals surface area contributed by atoms with Gasteiger partial charge in [-0.3, -0.25) is 4.79 Å². The molecule has 0 fully saturated rings. The Morgan fingerprint density at radius 3 is 2.68 bits per heavy atom. The molecule has 19 heavy (non-hydrogen) atoms. The van der Waals surface area contributed by atoms with E-state index >= 15 is 0 Å². The number of aryl methyl sites for hydroxylation is 1. The van der Waals surface area contributed by atoms with Crippen LogP contribution in [0.1, 0.15) is 15.9 Å². The fraction of sp³-hybridized carbons (Fsp3) is 0.0769. The van der Waals surface area contributed by atoms with Gasteiger partial charge in [-0.15, -0.1) is 0 Å². The number of phenols is 1. The van der Waals surface area contributed by atoms with Gasteiger partial charge in [0.1, 0.15) is 11.6 Å². The third-order valence-corrected chi connectivity index (χ3v) is 3.82. The van der Waals surface area contributed by atoms with Crippen molar-refractivity contribution in [3.05, 3.63) is 50.5 Å². The van der Waals surface area contributed by atoms with E-state index in [9.17, 15) is 9.90 Å². The van der Waals surface area contributed by atoms with Crippen molar-refractivity contribution in [1.82, 2.24) is 4.98 Å². The van der Waals surface area contributed by atoms with Gasteiger partial charge in [0.15, 0.2) is 0 Å². The van der Waals surface area contributed by atoms with E-state index < -0.39 is 5.91 Å². The second-order valence-corrected chi connectivity index (χ2v) is 5.70. The minimum absolute atomic E-state index is 0.0827. The number of rotatable bonds is 2. The van der Waals surface area contributed by atoms with Gasteiger partial charge in [0.25, 0.3) is 5.91 Å². The number of hydrogen-bond acceptors (Lipinski definition) is 3. The lowest BCUT2D eigenvalue weighted by molar-refractivity contribution is 0.102. The van der Waals surface area contributed by atoms with Gasteiger partial charge in [0.2, 0.25) is 0 Å². The maximum Gasteiger partial charge on any atom is 0.260 e. The number of carbonyl (C=O) groups is 1. The van der Waals surface area contributed by atoms with Crippen molar-refractivity contribution in [2.24, 2.45) is 0 Å². The number of aromatic nitrogens is 1. The zero-order chi connectivity index (χ0) is 14.0. The van der Waals surface area contributed by atoms with Crippen LogP contribution in [0.3, 0.4) is 0 Å². The Kier molecular flexibility index (Phi) is 4.21. The largest absolute Gasteiger partial charge is 0.507 e. The molecule has 1 amide bonds. The third kappa shape index (κ3) is 3.33. The summed E-state index contributed by atoms with van der Waals surface area (Å²) in [6.45, 7) is 1.90. The summed E-state index contributed by atoms with van der Waals surface area (Å²) in [5.41, 5.74) is 1.16. The Labute approximate surface area is 127 Å². The van der Waals surface area contributed by atoms with E-state index in [-0.39, 0.29) is 11.3 Å². The predicted octanol–water partition coefficient (Wildman–Crippen LogP) is 3.87. The topological polar surface area (TPSA) is 62.2 Å². The number of benzene rings is 1. The molecule has 0 saturated heterocycles. The highest BCUT2D eigenvalue weighted by atomic mass is 79.9. The van der Waals surface area contributed by atoms with Crippen molar-refractivity contribution >= 4 is 43.6 Å². The lowest BCUT2D eigenvalue weighted by Crippen LogP contribution is -2.13. The summed E-state index contributed by atoms with van der Waals surface area (Å²) in [7, 11) is 0. The number of nitrogens with one attached hydrogen (secondary N) is 1. The van der Waals surface area contributed by atoms with Crippen molar-refractivity contribution in [1.29, 1.82) is 0 Å². The van der Waals surface area contributed by atoms with Crippen LogP contribution in [0.2, 0.25) is 0 Å². The minimum atomic E-state index is -0.403. The SMILES string of the molecule is Cc1cc(NC(=O)c2ccc(Br)cc2O)ncc1Br. The maximum atomic E-state index is 12.0. The van der Waals surface area contributed by atoms with E-state index in [1.807, 2.05) is 6.92 Å². The fourth-order valence-electron chi connectivity index (χ4n) is 1.49. The van der Waals surface area contributed by atoms with Crippen LogP contribution >= 0.6 is 31.9 Å². The van der Waals surface area contributed by atoms with E-state index in [1.54, 1.807) is 24.4 Å². The van der Waals surface area contributed by atoms with Crippen LogP contribution in [0.15, 0.2) is 39.4 Å². The number of hydrogen-bond donors (Lipinski definition) is 2. The second-order valence-electron chi connectivity index (χ2n) is 3.93. The first kappa shape index (κ1) is 14.0. The first-order valence-corrected chi connectivity index (χ1v) is 6.98. The minimum Gasteiger partial charge on any atom is -0.507 e. The van der Waals surface area contributed by atoms with E-state index in [0.717, 1.165) is 10.0 Å². The molecule has 0 spiro atoms. The summed E-state index contributed by atoms with van der Waals surface area (Å²) in [5, 5.41) is 12.4. The van der Waals surface area contributed by atoms with Crippen molar-refractivity contribution in [3.63, 3.8) is 0 Å². The average Bonchev–Trinajstić information content (AvgIpc) is 2.33. The molecule has 2 rings (SSSR count). The summed E-state index contributed by atoms with van der Waals surface area (Å²) < 4.78 is 1.58.